The molecule has 1 aromatic carbocycles. The first kappa shape index (κ1) is 20.3. The number of carbonyl (C=O) groups is 1. The van der Waals surface area contributed by atoms with E-state index < -0.39 is 0 Å². The summed E-state index contributed by atoms with van der Waals surface area (Å²) in [5.74, 6) is 2.31. The van der Waals surface area contributed by atoms with Crippen molar-refractivity contribution in [2.45, 2.75) is 51.6 Å². The quantitative estimate of drug-likeness (QED) is 0.864. The van der Waals surface area contributed by atoms with Crippen LogP contribution in [0.5, 0.6) is 0 Å². The van der Waals surface area contributed by atoms with Crippen molar-refractivity contribution in [3.63, 3.8) is 0 Å². The van der Waals surface area contributed by atoms with Crippen LogP contribution in [-0.4, -0.2) is 30.0 Å². The third-order valence-corrected chi connectivity index (χ3v) is 5.22. The molecule has 2 atom stereocenters. The summed E-state index contributed by atoms with van der Waals surface area (Å²) in [6, 6.07) is 8.95. The van der Waals surface area contributed by atoms with Gasteiger partial charge < -0.3 is 10.6 Å². The second-order valence-electron chi connectivity index (χ2n) is 7.09. The highest BCUT2D eigenvalue weighted by Crippen LogP contribution is 2.24. The molecule has 1 saturated heterocycles. The Kier molecular flexibility index (Phi) is 7.91. The van der Waals surface area contributed by atoms with Crippen molar-refractivity contribution in [1.82, 2.24) is 10.6 Å². The number of nitrogens with one attached hydrogen (secondary N) is 2. The number of rotatable bonds is 4. The zero-order valence-corrected chi connectivity index (χ0v) is 16.2. The van der Waals surface area contributed by atoms with Crippen molar-refractivity contribution in [2.24, 2.45) is 0 Å². The van der Waals surface area contributed by atoms with Gasteiger partial charge in [-0.3, -0.25) is 4.79 Å². The number of carbonyl (C=O) groups excluding carboxylic acids is 1. The lowest BCUT2D eigenvalue weighted by molar-refractivity contribution is -0.122. The van der Waals surface area contributed by atoms with Crippen LogP contribution in [0.4, 0.5) is 0 Å². The summed E-state index contributed by atoms with van der Waals surface area (Å²) in [7, 11) is 0. The predicted octanol–water partition coefficient (Wildman–Crippen LogP) is 3.68. The number of hydrogen-bond acceptors (Lipinski definition) is 3. The summed E-state index contributed by atoms with van der Waals surface area (Å²) >= 11 is 1.92. The third-order valence-electron chi connectivity index (χ3n) is 4.08. The fourth-order valence-corrected chi connectivity index (χ4v) is 3.58. The van der Waals surface area contributed by atoms with Crippen LogP contribution in [0.3, 0.4) is 0 Å². The molecule has 0 saturated carbocycles. The second-order valence-corrected chi connectivity index (χ2v) is 8.24. The monoisotopic (exact) mass is 356 g/mol. The summed E-state index contributed by atoms with van der Waals surface area (Å²) in [5.41, 5.74) is 2.64. The van der Waals surface area contributed by atoms with Crippen molar-refractivity contribution in [2.75, 3.05) is 18.1 Å². The standard InChI is InChI=1S/C18H28N2OS.ClH/c1-13(14-5-7-15(8-6-14)18(2,3)4)20-17(21)11-16-12-22-10-9-19-16;/h5-8,13,16,19H,9-12H2,1-4H3,(H,20,21);1H. The summed E-state index contributed by atoms with van der Waals surface area (Å²) in [5, 5.41) is 6.52. The van der Waals surface area contributed by atoms with Crippen LogP contribution in [0.1, 0.15) is 51.3 Å². The van der Waals surface area contributed by atoms with E-state index in [1.165, 1.54) is 5.56 Å². The van der Waals surface area contributed by atoms with E-state index in [2.05, 4.69) is 55.7 Å². The Bertz CT molecular complexity index is 493. The van der Waals surface area contributed by atoms with Gasteiger partial charge in [-0.15, -0.1) is 12.4 Å². The molecule has 2 N–H and O–H groups in total. The van der Waals surface area contributed by atoms with Gasteiger partial charge in [0.25, 0.3) is 0 Å². The van der Waals surface area contributed by atoms with Crippen LogP contribution in [-0.2, 0) is 10.2 Å². The van der Waals surface area contributed by atoms with E-state index in [1.807, 2.05) is 18.7 Å². The fraction of sp³-hybridized carbons (Fsp3) is 0.611. The molecule has 0 aromatic heterocycles. The van der Waals surface area contributed by atoms with Crippen molar-refractivity contribution in [3.05, 3.63) is 35.4 Å². The summed E-state index contributed by atoms with van der Waals surface area (Å²) in [6.45, 7) is 9.69. The van der Waals surface area contributed by atoms with Gasteiger partial charge in [-0.25, -0.2) is 0 Å². The van der Waals surface area contributed by atoms with E-state index in [0.29, 0.717) is 12.5 Å². The number of benzene rings is 1. The Morgan fingerprint density at radius 2 is 2.00 bits per heavy atom. The van der Waals surface area contributed by atoms with E-state index >= 15 is 0 Å². The first-order chi connectivity index (χ1) is 10.4. The third kappa shape index (κ3) is 6.36. The number of amides is 1. The molecule has 130 valence electrons. The van der Waals surface area contributed by atoms with Gasteiger partial charge in [-0.2, -0.15) is 11.8 Å². The van der Waals surface area contributed by atoms with Crippen LogP contribution >= 0.6 is 24.2 Å². The molecule has 3 nitrogen and oxygen atoms in total. The van der Waals surface area contributed by atoms with Crippen molar-refractivity contribution < 1.29 is 4.79 Å². The van der Waals surface area contributed by atoms with Crippen molar-refractivity contribution in [1.29, 1.82) is 0 Å². The van der Waals surface area contributed by atoms with Crippen LogP contribution in [0.25, 0.3) is 0 Å². The minimum atomic E-state index is 0. The smallest absolute Gasteiger partial charge is 0.222 e. The SMILES string of the molecule is CC(NC(=O)CC1CSCCN1)c1ccc(C(C)(C)C)cc1.Cl. The number of halogens is 1. The van der Waals surface area contributed by atoms with Crippen LogP contribution in [0.2, 0.25) is 0 Å². The maximum atomic E-state index is 12.2. The van der Waals surface area contributed by atoms with Gasteiger partial charge in [0.15, 0.2) is 0 Å². The predicted molar refractivity (Wildman–Crippen MR) is 103 cm³/mol. The fourth-order valence-electron chi connectivity index (χ4n) is 2.63. The molecule has 1 heterocycles. The lowest BCUT2D eigenvalue weighted by Crippen LogP contribution is -2.41. The second kappa shape index (κ2) is 8.95. The molecule has 1 aromatic rings. The molecule has 1 aliphatic heterocycles. The first-order valence-corrected chi connectivity index (χ1v) is 9.22. The maximum Gasteiger partial charge on any atom is 0.222 e. The molecule has 0 aliphatic carbocycles. The van der Waals surface area contributed by atoms with E-state index in [4.69, 9.17) is 0 Å². The first-order valence-electron chi connectivity index (χ1n) is 8.07. The molecule has 0 bridgehead atoms. The summed E-state index contributed by atoms with van der Waals surface area (Å²) in [6.07, 6.45) is 0.567. The average molecular weight is 357 g/mol. The van der Waals surface area contributed by atoms with Crippen LogP contribution in [0, 0.1) is 0 Å². The number of hydrogen-bond donors (Lipinski definition) is 2. The van der Waals surface area contributed by atoms with Gasteiger partial charge >= 0.3 is 0 Å². The Morgan fingerprint density at radius 3 is 2.52 bits per heavy atom. The van der Waals surface area contributed by atoms with E-state index in [1.54, 1.807) is 0 Å². The lowest BCUT2D eigenvalue weighted by Gasteiger charge is -2.24. The normalized spacial score (nSPS) is 19.6. The van der Waals surface area contributed by atoms with Gasteiger partial charge in [0.1, 0.15) is 0 Å². The molecular weight excluding hydrogens is 328 g/mol. The molecule has 1 fully saturated rings. The van der Waals surface area contributed by atoms with Gasteiger partial charge in [0.05, 0.1) is 6.04 Å². The summed E-state index contributed by atoms with van der Waals surface area (Å²) in [4.78, 5) is 12.2. The lowest BCUT2D eigenvalue weighted by atomic mass is 9.86. The van der Waals surface area contributed by atoms with Gasteiger partial charge in [-0.1, -0.05) is 45.0 Å². The highest BCUT2D eigenvalue weighted by molar-refractivity contribution is 7.99. The van der Waals surface area contributed by atoms with Gasteiger partial charge in [0.2, 0.25) is 5.91 Å². The Morgan fingerprint density at radius 1 is 1.35 bits per heavy atom. The highest BCUT2D eigenvalue weighted by atomic mass is 35.5. The Hall–Kier alpha value is -0.710. The van der Waals surface area contributed by atoms with E-state index in [-0.39, 0.29) is 29.8 Å². The summed E-state index contributed by atoms with van der Waals surface area (Å²) < 4.78 is 0. The maximum absolute atomic E-state index is 12.2. The van der Waals surface area contributed by atoms with Crippen molar-refractivity contribution in [3.8, 4) is 0 Å². The molecule has 2 unspecified atom stereocenters. The molecule has 0 spiro atoms. The zero-order chi connectivity index (χ0) is 16.2. The molecular formula is C18H29ClN2OS. The molecule has 23 heavy (non-hydrogen) atoms. The average Bonchev–Trinajstić information content (AvgIpc) is 2.47. The Balaban J connectivity index is 0.00000264. The minimum Gasteiger partial charge on any atom is -0.350 e. The van der Waals surface area contributed by atoms with Crippen LogP contribution < -0.4 is 10.6 Å². The molecule has 1 aliphatic rings. The molecule has 0 radical (unpaired) electrons. The Labute approximate surface area is 150 Å². The zero-order valence-electron chi connectivity index (χ0n) is 14.5. The van der Waals surface area contributed by atoms with E-state index in [9.17, 15) is 4.79 Å². The molecule has 5 heteroatoms. The molecule has 1 amide bonds. The van der Waals surface area contributed by atoms with E-state index in [0.717, 1.165) is 23.6 Å². The minimum absolute atomic E-state index is 0. The number of thioether (sulfide) groups is 1. The molecule has 2 rings (SSSR count). The van der Waals surface area contributed by atoms with Gasteiger partial charge in [0, 0.05) is 30.5 Å². The largest absolute Gasteiger partial charge is 0.350 e. The highest BCUT2D eigenvalue weighted by Gasteiger charge is 2.19. The van der Waals surface area contributed by atoms with Crippen LogP contribution in [0.15, 0.2) is 24.3 Å². The topological polar surface area (TPSA) is 41.1 Å². The van der Waals surface area contributed by atoms with Gasteiger partial charge in [-0.05, 0) is 23.5 Å². The van der Waals surface area contributed by atoms with Crippen molar-refractivity contribution >= 4 is 30.1 Å².